The van der Waals surface area contributed by atoms with Gasteiger partial charge in [0.15, 0.2) is 0 Å². The molecule has 0 saturated carbocycles. The third-order valence-electron chi connectivity index (χ3n) is 3.08. The van der Waals surface area contributed by atoms with Crippen molar-refractivity contribution in [3.8, 4) is 10.4 Å². The van der Waals surface area contributed by atoms with Crippen LogP contribution in [-0.4, -0.2) is 0 Å². The first-order chi connectivity index (χ1) is 9.72. The number of anilines is 1. The molecule has 0 fully saturated rings. The predicted octanol–water partition coefficient (Wildman–Crippen LogP) is 6.16. The maximum atomic E-state index is 3.53. The summed E-state index contributed by atoms with van der Waals surface area (Å²) < 4.78 is 1.15. The van der Waals surface area contributed by atoms with Crippen LogP contribution in [-0.2, 0) is 6.54 Å². The van der Waals surface area contributed by atoms with Gasteiger partial charge in [0.05, 0.1) is 0 Å². The Hall–Kier alpha value is -1.10. The number of hydrogen-bond acceptors (Lipinski definition) is 3. The summed E-state index contributed by atoms with van der Waals surface area (Å²) in [6, 6.07) is 12.9. The Bertz CT molecular complexity index is 701. The van der Waals surface area contributed by atoms with Crippen LogP contribution in [0.25, 0.3) is 10.4 Å². The lowest BCUT2D eigenvalue weighted by Gasteiger charge is -2.06. The molecule has 0 atom stereocenters. The largest absolute Gasteiger partial charge is 0.380 e. The van der Waals surface area contributed by atoms with Crippen molar-refractivity contribution in [2.75, 3.05) is 5.32 Å². The van der Waals surface area contributed by atoms with E-state index in [1.54, 1.807) is 11.3 Å². The van der Waals surface area contributed by atoms with E-state index in [0.29, 0.717) is 0 Å². The summed E-state index contributed by atoms with van der Waals surface area (Å²) in [5.74, 6) is 0. The highest BCUT2D eigenvalue weighted by Crippen LogP contribution is 2.29. The van der Waals surface area contributed by atoms with Gasteiger partial charge in [0.1, 0.15) is 0 Å². The van der Waals surface area contributed by atoms with Gasteiger partial charge in [-0.25, -0.2) is 0 Å². The zero-order valence-corrected chi connectivity index (χ0v) is 14.2. The minimum Gasteiger partial charge on any atom is -0.380 e. The van der Waals surface area contributed by atoms with E-state index in [4.69, 9.17) is 0 Å². The van der Waals surface area contributed by atoms with Gasteiger partial charge >= 0.3 is 0 Å². The Labute approximate surface area is 135 Å². The highest BCUT2D eigenvalue weighted by molar-refractivity contribution is 9.10. The van der Waals surface area contributed by atoms with Crippen LogP contribution < -0.4 is 5.32 Å². The highest BCUT2D eigenvalue weighted by Gasteiger charge is 2.04. The predicted molar refractivity (Wildman–Crippen MR) is 93.8 cm³/mol. The minimum absolute atomic E-state index is 0.872. The third kappa shape index (κ3) is 3.14. The number of rotatable bonds is 4. The van der Waals surface area contributed by atoms with Crippen molar-refractivity contribution >= 4 is 44.3 Å². The molecule has 0 aliphatic rings. The molecule has 0 spiro atoms. The van der Waals surface area contributed by atoms with Crippen LogP contribution in [0.15, 0.2) is 51.6 Å². The Morgan fingerprint density at radius 3 is 2.80 bits per heavy atom. The van der Waals surface area contributed by atoms with E-state index in [2.05, 4.69) is 75.3 Å². The number of aryl methyl sites for hydroxylation is 1. The second kappa shape index (κ2) is 6.12. The van der Waals surface area contributed by atoms with Gasteiger partial charge in [0.25, 0.3) is 0 Å². The molecule has 1 nitrogen and oxygen atoms in total. The molecule has 0 aliphatic heterocycles. The second-order valence-corrected chi connectivity index (χ2v) is 7.39. The van der Waals surface area contributed by atoms with Crippen LogP contribution in [0.2, 0.25) is 0 Å². The Morgan fingerprint density at radius 1 is 1.15 bits per heavy atom. The topological polar surface area (TPSA) is 12.0 Å². The number of benzene rings is 1. The van der Waals surface area contributed by atoms with Crippen molar-refractivity contribution in [2.45, 2.75) is 13.5 Å². The zero-order chi connectivity index (χ0) is 13.9. The monoisotopic (exact) mass is 363 g/mol. The first-order valence-electron chi connectivity index (χ1n) is 6.34. The van der Waals surface area contributed by atoms with Crippen LogP contribution in [0.1, 0.15) is 10.4 Å². The summed E-state index contributed by atoms with van der Waals surface area (Å²) in [5, 5.41) is 7.83. The summed E-state index contributed by atoms with van der Waals surface area (Å²) >= 11 is 7.12. The van der Waals surface area contributed by atoms with Gasteiger partial charge in [-0.05, 0) is 53.6 Å². The average molecular weight is 364 g/mol. The lowest BCUT2D eigenvalue weighted by atomic mass is 10.2. The molecule has 3 aromatic rings. The van der Waals surface area contributed by atoms with Crippen LogP contribution in [0.4, 0.5) is 5.69 Å². The molecule has 1 aromatic carbocycles. The lowest BCUT2D eigenvalue weighted by molar-refractivity contribution is 1.19. The van der Waals surface area contributed by atoms with Crippen LogP contribution >= 0.6 is 38.6 Å². The Balaban J connectivity index is 1.68. The molecule has 2 heterocycles. The summed E-state index contributed by atoms with van der Waals surface area (Å²) in [4.78, 5) is 2.70. The van der Waals surface area contributed by atoms with E-state index >= 15 is 0 Å². The van der Waals surface area contributed by atoms with Gasteiger partial charge in [-0.2, -0.15) is 0 Å². The smallest absolute Gasteiger partial charge is 0.0494 e. The first kappa shape index (κ1) is 13.9. The molecule has 0 saturated heterocycles. The van der Waals surface area contributed by atoms with E-state index in [1.165, 1.54) is 20.9 Å². The summed E-state index contributed by atoms with van der Waals surface area (Å²) in [6.45, 7) is 2.98. The standard InChI is InChI=1S/C16H14BrNS2/c1-11-7-13(4-5-15(11)17)18-9-14-8-12(10-20-14)16-3-2-6-19-16/h2-8,10,18H,9H2,1H3. The molecular weight excluding hydrogens is 350 g/mol. The molecule has 2 aromatic heterocycles. The molecule has 0 unspecified atom stereocenters. The fourth-order valence-corrected chi connectivity index (χ4v) is 3.85. The number of halogens is 1. The van der Waals surface area contributed by atoms with Crippen LogP contribution in [0.3, 0.4) is 0 Å². The molecule has 0 amide bonds. The van der Waals surface area contributed by atoms with E-state index in [-0.39, 0.29) is 0 Å². The van der Waals surface area contributed by atoms with Crippen molar-refractivity contribution in [3.63, 3.8) is 0 Å². The van der Waals surface area contributed by atoms with Gasteiger partial charge in [-0.15, -0.1) is 22.7 Å². The Kier molecular flexibility index (Phi) is 4.24. The average Bonchev–Trinajstić information content (AvgIpc) is 3.09. The van der Waals surface area contributed by atoms with Crippen LogP contribution in [0.5, 0.6) is 0 Å². The fraction of sp³-hybridized carbons (Fsp3) is 0.125. The van der Waals surface area contributed by atoms with Gasteiger partial charge in [-0.3, -0.25) is 0 Å². The van der Waals surface area contributed by atoms with Crippen LogP contribution in [0, 0.1) is 6.92 Å². The van der Waals surface area contributed by atoms with Crippen molar-refractivity contribution in [3.05, 3.63) is 62.1 Å². The van der Waals surface area contributed by atoms with E-state index in [1.807, 2.05) is 11.3 Å². The normalized spacial score (nSPS) is 10.7. The van der Waals surface area contributed by atoms with Crippen molar-refractivity contribution in [2.24, 2.45) is 0 Å². The molecule has 20 heavy (non-hydrogen) atoms. The zero-order valence-electron chi connectivity index (χ0n) is 11.0. The molecule has 0 bridgehead atoms. The molecule has 0 aliphatic carbocycles. The van der Waals surface area contributed by atoms with Gasteiger partial charge in [0.2, 0.25) is 0 Å². The first-order valence-corrected chi connectivity index (χ1v) is 8.89. The number of thiophene rings is 2. The maximum Gasteiger partial charge on any atom is 0.0494 e. The highest BCUT2D eigenvalue weighted by atomic mass is 79.9. The van der Waals surface area contributed by atoms with Crippen molar-refractivity contribution in [1.29, 1.82) is 0 Å². The number of hydrogen-bond donors (Lipinski definition) is 1. The van der Waals surface area contributed by atoms with Gasteiger partial charge in [-0.1, -0.05) is 22.0 Å². The minimum atomic E-state index is 0.872. The summed E-state index contributed by atoms with van der Waals surface area (Å²) in [5.41, 5.74) is 3.74. The van der Waals surface area contributed by atoms with E-state index in [9.17, 15) is 0 Å². The molecule has 4 heteroatoms. The Morgan fingerprint density at radius 2 is 2.05 bits per heavy atom. The fourth-order valence-electron chi connectivity index (χ4n) is 1.99. The third-order valence-corrected chi connectivity index (χ3v) is 5.83. The van der Waals surface area contributed by atoms with E-state index < -0.39 is 0 Å². The molecule has 102 valence electrons. The molecule has 0 radical (unpaired) electrons. The molecule has 3 rings (SSSR count). The second-order valence-electron chi connectivity index (χ2n) is 4.60. The van der Waals surface area contributed by atoms with Crippen molar-refractivity contribution < 1.29 is 0 Å². The van der Waals surface area contributed by atoms with Gasteiger partial charge in [0, 0.05) is 32.0 Å². The summed E-state index contributed by atoms with van der Waals surface area (Å²) in [7, 11) is 0. The van der Waals surface area contributed by atoms with E-state index in [0.717, 1.165) is 16.7 Å². The lowest BCUT2D eigenvalue weighted by Crippen LogP contribution is -1.97. The molecular formula is C16H14BrNS2. The SMILES string of the molecule is Cc1cc(NCc2cc(-c3cccs3)cs2)ccc1Br. The number of nitrogens with one attached hydrogen (secondary N) is 1. The summed E-state index contributed by atoms with van der Waals surface area (Å²) in [6.07, 6.45) is 0. The molecule has 1 N–H and O–H groups in total. The maximum absolute atomic E-state index is 3.53. The van der Waals surface area contributed by atoms with Crippen molar-refractivity contribution in [1.82, 2.24) is 0 Å². The van der Waals surface area contributed by atoms with Gasteiger partial charge < -0.3 is 5.32 Å². The quantitative estimate of drug-likeness (QED) is 0.585.